The van der Waals surface area contributed by atoms with Crippen LogP contribution >= 0.6 is 0 Å². The Bertz CT molecular complexity index is 381. The number of hydrogen-bond acceptors (Lipinski definition) is 5. The van der Waals surface area contributed by atoms with Crippen LogP contribution in [-0.4, -0.2) is 31.3 Å². The highest BCUT2D eigenvalue weighted by Crippen LogP contribution is 2.27. The van der Waals surface area contributed by atoms with Gasteiger partial charge in [-0.25, -0.2) is 0 Å². The zero-order valence-electron chi connectivity index (χ0n) is 9.92. The van der Waals surface area contributed by atoms with Crippen molar-refractivity contribution in [2.75, 3.05) is 14.2 Å². The number of carbonyl (C=O) groups excluding carboxylic acids is 1. The molecule has 2 atom stereocenters. The van der Waals surface area contributed by atoms with Crippen LogP contribution in [0.5, 0.6) is 5.75 Å². The maximum Gasteiger partial charge on any atom is 0.322 e. The third-order valence-electron chi connectivity index (χ3n) is 2.48. The molecule has 0 aliphatic rings. The van der Waals surface area contributed by atoms with Gasteiger partial charge in [0.15, 0.2) is 0 Å². The number of rotatable bonds is 5. The van der Waals surface area contributed by atoms with Crippen LogP contribution in [0, 0.1) is 0 Å². The van der Waals surface area contributed by atoms with Crippen molar-refractivity contribution in [1.82, 2.24) is 0 Å². The van der Waals surface area contributed by atoms with Crippen molar-refractivity contribution in [3.8, 4) is 5.75 Å². The minimum atomic E-state index is -0.861. The Morgan fingerprint density at radius 3 is 2.65 bits per heavy atom. The third-order valence-corrected chi connectivity index (χ3v) is 2.48. The van der Waals surface area contributed by atoms with Crippen molar-refractivity contribution >= 4 is 5.97 Å². The zero-order valence-corrected chi connectivity index (χ0v) is 9.92. The molecule has 0 heterocycles. The van der Waals surface area contributed by atoms with Gasteiger partial charge in [-0.1, -0.05) is 18.2 Å². The van der Waals surface area contributed by atoms with E-state index in [1.54, 1.807) is 24.3 Å². The average molecular weight is 239 g/mol. The van der Waals surface area contributed by atoms with Gasteiger partial charge in [-0.05, 0) is 6.07 Å². The molecule has 0 aliphatic carbocycles. The summed E-state index contributed by atoms with van der Waals surface area (Å²) in [7, 11) is 2.78. The highest BCUT2D eigenvalue weighted by atomic mass is 16.5. The van der Waals surface area contributed by atoms with E-state index in [2.05, 4.69) is 4.74 Å². The molecule has 0 aromatic heterocycles. The summed E-state index contributed by atoms with van der Waals surface area (Å²) in [5, 5.41) is 9.98. The van der Waals surface area contributed by atoms with E-state index in [1.165, 1.54) is 14.2 Å². The first-order chi connectivity index (χ1) is 8.10. The summed E-state index contributed by atoms with van der Waals surface area (Å²) in [6, 6.07) is 6.20. The standard InChI is InChI=1S/C12H17NO4/c1-16-11-6-4-3-5-8(11)10(14)7-9(13)12(15)17-2/h3-6,9-10,14H,7,13H2,1-2H3. The highest BCUT2D eigenvalue weighted by molar-refractivity contribution is 5.75. The summed E-state index contributed by atoms with van der Waals surface area (Å²) in [5.74, 6) is 0.0241. The molecular formula is C12H17NO4. The van der Waals surface area contributed by atoms with E-state index in [0.29, 0.717) is 11.3 Å². The zero-order chi connectivity index (χ0) is 12.8. The molecule has 0 aliphatic heterocycles. The van der Waals surface area contributed by atoms with E-state index in [9.17, 15) is 9.90 Å². The van der Waals surface area contributed by atoms with Gasteiger partial charge in [-0.2, -0.15) is 0 Å². The smallest absolute Gasteiger partial charge is 0.322 e. The molecule has 94 valence electrons. The Balaban J connectivity index is 2.75. The molecule has 0 saturated carbocycles. The molecule has 0 amide bonds. The predicted molar refractivity (Wildman–Crippen MR) is 62.6 cm³/mol. The Kier molecular flexibility index (Phi) is 4.93. The number of para-hydroxylation sites is 1. The number of nitrogens with two attached hydrogens (primary N) is 1. The summed E-state index contributed by atoms with van der Waals surface area (Å²) in [6.07, 6.45) is -0.771. The molecule has 1 aromatic rings. The van der Waals surface area contributed by atoms with Gasteiger partial charge >= 0.3 is 5.97 Å². The number of hydrogen-bond donors (Lipinski definition) is 2. The largest absolute Gasteiger partial charge is 0.496 e. The van der Waals surface area contributed by atoms with E-state index in [4.69, 9.17) is 10.5 Å². The number of aliphatic hydroxyl groups excluding tert-OH is 1. The van der Waals surface area contributed by atoms with Gasteiger partial charge in [0.2, 0.25) is 0 Å². The van der Waals surface area contributed by atoms with Crippen LogP contribution < -0.4 is 10.5 Å². The molecule has 0 spiro atoms. The van der Waals surface area contributed by atoms with Crippen LogP contribution in [0.25, 0.3) is 0 Å². The van der Waals surface area contributed by atoms with E-state index >= 15 is 0 Å². The van der Waals surface area contributed by atoms with Gasteiger partial charge in [0.1, 0.15) is 11.8 Å². The van der Waals surface area contributed by atoms with E-state index in [0.717, 1.165) is 0 Å². The molecule has 17 heavy (non-hydrogen) atoms. The second kappa shape index (κ2) is 6.22. The Labute approximate surface area is 100 Å². The van der Waals surface area contributed by atoms with Crippen molar-refractivity contribution in [1.29, 1.82) is 0 Å². The summed E-state index contributed by atoms with van der Waals surface area (Å²) >= 11 is 0. The number of methoxy groups -OCH3 is 2. The summed E-state index contributed by atoms with van der Waals surface area (Å²) in [6.45, 7) is 0. The van der Waals surface area contributed by atoms with E-state index in [-0.39, 0.29) is 6.42 Å². The Morgan fingerprint density at radius 1 is 1.41 bits per heavy atom. The molecular weight excluding hydrogens is 222 g/mol. The van der Waals surface area contributed by atoms with Crippen LogP contribution in [0.2, 0.25) is 0 Å². The van der Waals surface area contributed by atoms with Crippen LogP contribution in [0.1, 0.15) is 18.1 Å². The molecule has 5 nitrogen and oxygen atoms in total. The molecule has 2 unspecified atom stereocenters. The minimum Gasteiger partial charge on any atom is -0.496 e. The third kappa shape index (κ3) is 3.44. The van der Waals surface area contributed by atoms with Crippen LogP contribution in [0.4, 0.5) is 0 Å². The maximum atomic E-state index is 11.1. The van der Waals surface area contributed by atoms with Crippen LogP contribution in [0.15, 0.2) is 24.3 Å². The lowest BCUT2D eigenvalue weighted by atomic mass is 10.0. The van der Waals surface area contributed by atoms with Crippen LogP contribution in [0.3, 0.4) is 0 Å². The Hall–Kier alpha value is -1.59. The summed E-state index contributed by atoms with van der Waals surface area (Å²) in [5.41, 5.74) is 6.19. The summed E-state index contributed by atoms with van der Waals surface area (Å²) in [4.78, 5) is 11.1. The van der Waals surface area contributed by atoms with Crippen molar-refractivity contribution in [3.63, 3.8) is 0 Å². The monoisotopic (exact) mass is 239 g/mol. The molecule has 1 rings (SSSR count). The van der Waals surface area contributed by atoms with Crippen molar-refractivity contribution in [2.24, 2.45) is 5.73 Å². The highest BCUT2D eigenvalue weighted by Gasteiger charge is 2.21. The number of benzene rings is 1. The lowest BCUT2D eigenvalue weighted by molar-refractivity contribution is -0.143. The summed E-state index contributed by atoms with van der Waals surface area (Å²) < 4.78 is 9.62. The second-order valence-corrected chi connectivity index (χ2v) is 3.62. The fourth-order valence-corrected chi connectivity index (χ4v) is 1.56. The molecule has 0 saturated heterocycles. The first-order valence-electron chi connectivity index (χ1n) is 5.24. The normalized spacial score (nSPS) is 13.9. The van der Waals surface area contributed by atoms with Gasteiger partial charge in [0, 0.05) is 12.0 Å². The number of carbonyl (C=O) groups is 1. The molecule has 0 fully saturated rings. The first kappa shape index (κ1) is 13.5. The number of aliphatic hydroxyl groups is 1. The maximum absolute atomic E-state index is 11.1. The van der Waals surface area contributed by atoms with Gasteiger partial charge in [-0.15, -0.1) is 0 Å². The van der Waals surface area contributed by atoms with Gasteiger partial charge in [0.05, 0.1) is 20.3 Å². The fourth-order valence-electron chi connectivity index (χ4n) is 1.56. The van der Waals surface area contributed by atoms with Gasteiger partial charge < -0.3 is 20.3 Å². The lowest BCUT2D eigenvalue weighted by Gasteiger charge is -2.17. The topological polar surface area (TPSA) is 81.8 Å². The number of esters is 1. The predicted octanol–water partition coefficient (Wildman–Crippen LogP) is 0.619. The molecule has 5 heteroatoms. The average Bonchev–Trinajstić information content (AvgIpc) is 2.37. The molecule has 3 N–H and O–H groups in total. The van der Waals surface area contributed by atoms with Crippen LogP contribution in [-0.2, 0) is 9.53 Å². The van der Waals surface area contributed by atoms with Crippen molar-refractivity contribution in [3.05, 3.63) is 29.8 Å². The van der Waals surface area contributed by atoms with Gasteiger partial charge in [-0.3, -0.25) is 4.79 Å². The Morgan fingerprint density at radius 2 is 2.06 bits per heavy atom. The SMILES string of the molecule is COC(=O)C(N)CC(O)c1ccccc1OC. The van der Waals surface area contributed by atoms with E-state index in [1.807, 2.05) is 0 Å². The molecule has 0 bridgehead atoms. The lowest BCUT2D eigenvalue weighted by Crippen LogP contribution is -2.33. The first-order valence-corrected chi connectivity index (χ1v) is 5.24. The molecule has 0 radical (unpaired) electrons. The minimum absolute atomic E-state index is 0.0903. The number of ether oxygens (including phenoxy) is 2. The molecule has 1 aromatic carbocycles. The fraction of sp³-hybridized carbons (Fsp3) is 0.417. The van der Waals surface area contributed by atoms with E-state index < -0.39 is 18.1 Å². The second-order valence-electron chi connectivity index (χ2n) is 3.62. The van der Waals surface area contributed by atoms with Crippen molar-refractivity contribution < 1.29 is 19.4 Å². The van der Waals surface area contributed by atoms with Gasteiger partial charge in [0.25, 0.3) is 0 Å². The van der Waals surface area contributed by atoms with Crippen molar-refractivity contribution in [2.45, 2.75) is 18.6 Å². The quantitative estimate of drug-likeness (QED) is 0.736.